The fourth-order valence-electron chi connectivity index (χ4n) is 1.65. The summed E-state index contributed by atoms with van der Waals surface area (Å²) in [5.41, 5.74) is 1.28. The first kappa shape index (κ1) is 16.1. The summed E-state index contributed by atoms with van der Waals surface area (Å²) in [6.45, 7) is 11.5. The molecule has 0 aromatic heterocycles. The number of nitrogens with zero attached hydrogens (tertiary/aromatic N) is 2. The van der Waals surface area contributed by atoms with Gasteiger partial charge in [0.15, 0.2) is 0 Å². The maximum Gasteiger partial charge on any atom is 0.0277 e. The molecule has 1 heterocycles. The number of piperazine rings is 1. The van der Waals surface area contributed by atoms with E-state index in [0.717, 1.165) is 32.7 Å². The molecule has 0 unspecified atom stereocenters. The first-order valence-electron chi connectivity index (χ1n) is 6.54. The van der Waals surface area contributed by atoms with Crippen molar-refractivity contribution in [3.05, 3.63) is 23.8 Å². The molecule has 0 atom stereocenters. The molecule has 3 nitrogen and oxygen atoms in total. The van der Waals surface area contributed by atoms with Crippen LogP contribution in [0.1, 0.15) is 20.8 Å². The molecule has 1 aliphatic rings. The Labute approximate surface area is 106 Å². The van der Waals surface area contributed by atoms with Gasteiger partial charge in [-0.15, -0.1) is 0 Å². The van der Waals surface area contributed by atoms with Gasteiger partial charge in [-0.05, 0) is 12.5 Å². The van der Waals surface area contributed by atoms with E-state index in [1.165, 1.54) is 5.57 Å². The van der Waals surface area contributed by atoms with E-state index in [1.54, 1.807) is 0 Å². The highest BCUT2D eigenvalue weighted by Crippen LogP contribution is 1.99. The highest BCUT2D eigenvalue weighted by molar-refractivity contribution is 5.79. The van der Waals surface area contributed by atoms with Gasteiger partial charge in [-0.3, -0.25) is 9.89 Å². The van der Waals surface area contributed by atoms with Gasteiger partial charge in [0.2, 0.25) is 0 Å². The van der Waals surface area contributed by atoms with E-state index >= 15 is 0 Å². The number of hydrogen-bond acceptors (Lipinski definition) is 3. The molecule has 1 saturated heterocycles. The normalized spacial score (nSPS) is 18.5. The van der Waals surface area contributed by atoms with Crippen molar-refractivity contribution in [3.8, 4) is 0 Å². The Morgan fingerprint density at radius 3 is 2.47 bits per heavy atom. The lowest BCUT2D eigenvalue weighted by molar-refractivity contribution is 0.262. The van der Waals surface area contributed by atoms with E-state index in [0.29, 0.717) is 0 Å². The van der Waals surface area contributed by atoms with E-state index in [9.17, 15) is 0 Å². The van der Waals surface area contributed by atoms with Crippen molar-refractivity contribution in [2.24, 2.45) is 4.99 Å². The Morgan fingerprint density at radius 1 is 1.29 bits per heavy atom. The molecule has 3 heteroatoms. The Kier molecular flexibility index (Phi) is 10.9. The van der Waals surface area contributed by atoms with Crippen molar-refractivity contribution in [1.82, 2.24) is 10.2 Å². The monoisotopic (exact) mass is 237 g/mol. The average Bonchev–Trinajstić information content (AvgIpc) is 2.40. The second kappa shape index (κ2) is 11.6. The van der Waals surface area contributed by atoms with Crippen molar-refractivity contribution >= 4 is 6.21 Å². The van der Waals surface area contributed by atoms with Gasteiger partial charge in [0.25, 0.3) is 0 Å². The maximum absolute atomic E-state index is 4.08. The van der Waals surface area contributed by atoms with Crippen LogP contribution in [-0.2, 0) is 0 Å². The fraction of sp³-hybridized carbons (Fsp3) is 0.643. The van der Waals surface area contributed by atoms with Crippen molar-refractivity contribution in [2.75, 3.05) is 39.8 Å². The van der Waals surface area contributed by atoms with Gasteiger partial charge in [0, 0.05) is 46.0 Å². The van der Waals surface area contributed by atoms with Crippen LogP contribution in [0.4, 0.5) is 0 Å². The van der Waals surface area contributed by atoms with Crippen LogP contribution in [0, 0.1) is 0 Å². The first-order valence-corrected chi connectivity index (χ1v) is 6.54. The molecule has 0 aliphatic carbocycles. The molecule has 0 amide bonds. The Bertz CT molecular complexity index is 248. The minimum Gasteiger partial charge on any atom is -0.314 e. The van der Waals surface area contributed by atoms with Crippen molar-refractivity contribution in [3.63, 3.8) is 0 Å². The molecular formula is C14H27N3. The fourth-order valence-corrected chi connectivity index (χ4v) is 1.65. The van der Waals surface area contributed by atoms with Crippen LogP contribution in [0.5, 0.6) is 0 Å². The van der Waals surface area contributed by atoms with Gasteiger partial charge < -0.3 is 5.32 Å². The summed E-state index contributed by atoms with van der Waals surface area (Å²) in [5, 5.41) is 3.35. The third kappa shape index (κ3) is 7.88. The summed E-state index contributed by atoms with van der Waals surface area (Å²) < 4.78 is 0. The molecule has 1 rings (SSSR count). The number of allylic oxidation sites excluding steroid dienone is 3. The van der Waals surface area contributed by atoms with Crippen LogP contribution in [0.15, 0.2) is 28.8 Å². The summed E-state index contributed by atoms with van der Waals surface area (Å²) in [5.74, 6) is 0. The molecule has 0 spiro atoms. The van der Waals surface area contributed by atoms with Gasteiger partial charge in [-0.25, -0.2) is 0 Å². The molecule has 0 aromatic carbocycles. The average molecular weight is 237 g/mol. The van der Waals surface area contributed by atoms with Crippen LogP contribution in [-0.4, -0.2) is 50.9 Å². The zero-order chi connectivity index (χ0) is 12.9. The summed E-state index contributed by atoms with van der Waals surface area (Å²) in [4.78, 5) is 6.54. The largest absolute Gasteiger partial charge is 0.314 e. The predicted octanol–water partition coefficient (Wildman–Crippen LogP) is 2.12. The van der Waals surface area contributed by atoms with Gasteiger partial charge >= 0.3 is 0 Å². The molecule has 1 aliphatic heterocycles. The topological polar surface area (TPSA) is 27.6 Å². The second-order valence-corrected chi connectivity index (χ2v) is 3.68. The summed E-state index contributed by atoms with van der Waals surface area (Å²) >= 11 is 0. The summed E-state index contributed by atoms with van der Waals surface area (Å²) in [6.07, 6.45) is 8.19. The van der Waals surface area contributed by atoms with E-state index < -0.39 is 0 Å². The summed E-state index contributed by atoms with van der Waals surface area (Å²) in [7, 11) is 1.82. The number of hydrogen-bond donors (Lipinski definition) is 1. The predicted molar refractivity (Wildman–Crippen MR) is 78.0 cm³/mol. The quantitative estimate of drug-likeness (QED) is 0.599. The Morgan fingerprint density at radius 2 is 1.94 bits per heavy atom. The highest BCUT2D eigenvalue weighted by Gasteiger charge is 2.09. The SMILES string of the molecule is C/C=C/C=C(\C=NC)CN1CCNCC1.CC. The zero-order valence-corrected chi connectivity index (χ0v) is 11.7. The third-order valence-electron chi connectivity index (χ3n) is 2.41. The molecule has 0 bridgehead atoms. The van der Waals surface area contributed by atoms with E-state index in [1.807, 2.05) is 40.1 Å². The van der Waals surface area contributed by atoms with Crippen molar-refractivity contribution < 1.29 is 0 Å². The number of aliphatic imine (C=N–C) groups is 1. The van der Waals surface area contributed by atoms with E-state index in [-0.39, 0.29) is 0 Å². The lowest BCUT2D eigenvalue weighted by Crippen LogP contribution is -2.44. The van der Waals surface area contributed by atoms with Gasteiger partial charge in [-0.1, -0.05) is 32.1 Å². The lowest BCUT2D eigenvalue weighted by Gasteiger charge is -2.27. The van der Waals surface area contributed by atoms with Gasteiger partial charge in [0.1, 0.15) is 0 Å². The summed E-state index contributed by atoms with van der Waals surface area (Å²) in [6, 6.07) is 0. The van der Waals surface area contributed by atoms with Crippen molar-refractivity contribution in [1.29, 1.82) is 0 Å². The lowest BCUT2D eigenvalue weighted by atomic mass is 10.2. The molecular weight excluding hydrogens is 210 g/mol. The van der Waals surface area contributed by atoms with Crippen LogP contribution < -0.4 is 5.32 Å². The molecule has 0 saturated carbocycles. The van der Waals surface area contributed by atoms with Crippen LogP contribution >= 0.6 is 0 Å². The molecule has 98 valence electrons. The standard InChI is InChI=1S/C12H21N3.C2H6/c1-3-4-5-12(10-13-2)11-15-8-6-14-7-9-15;1-2/h3-5,10,14H,6-9,11H2,1-2H3;1-2H3/b4-3+,12-5+,13-10?;. The zero-order valence-electron chi connectivity index (χ0n) is 11.7. The maximum atomic E-state index is 4.08. The Balaban J connectivity index is 0.00000121. The molecule has 1 fully saturated rings. The minimum absolute atomic E-state index is 1.00. The van der Waals surface area contributed by atoms with Crippen LogP contribution in [0.2, 0.25) is 0 Å². The molecule has 0 radical (unpaired) electrons. The molecule has 1 N–H and O–H groups in total. The van der Waals surface area contributed by atoms with E-state index in [2.05, 4.69) is 27.4 Å². The second-order valence-electron chi connectivity index (χ2n) is 3.68. The van der Waals surface area contributed by atoms with Gasteiger partial charge in [0.05, 0.1) is 0 Å². The van der Waals surface area contributed by atoms with Crippen molar-refractivity contribution in [2.45, 2.75) is 20.8 Å². The van der Waals surface area contributed by atoms with Crippen LogP contribution in [0.25, 0.3) is 0 Å². The molecule has 17 heavy (non-hydrogen) atoms. The highest BCUT2D eigenvalue weighted by atomic mass is 15.2. The third-order valence-corrected chi connectivity index (χ3v) is 2.41. The Hall–Kier alpha value is -0.930. The minimum atomic E-state index is 1.00. The number of rotatable bonds is 4. The van der Waals surface area contributed by atoms with E-state index in [4.69, 9.17) is 0 Å². The van der Waals surface area contributed by atoms with Crippen LogP contribution in [0.3, 0.4) is 0 Å². The smallest absolute Gasteiger partial charge is 0.0277 e. The van der Waals surface area contributed by atoms with Gasteiger partial charge in [-0.2, -0.15) is 0 Å². The first-order chi connectivity index (χ1) is 8.36. The number of nitrogens with one attached hydrogen (secondary N) is 1. The molecule has 0 aromatic rings.